The van der Waals surface area contributed by atoms with Gasteiger partial charge in [0.2, 0.25) is 0 Å². The Morgan fingerprint density at radius 1 is 1.40 bits per heavy atom. The molecular formula is C15H16N4O. The van der Waals surface area contributed by atoms with Crippen LogP contribution in [0, 0.1) is 5.41 Å². The Balaban J connectivity index is 2.13. The Hall–Kier alpha value is -2.43. The van der Waals surface area contributed by atoms with E-state index >= 15 is 0 Å². The summed E-state index contributed by atoms with van der Waals surface area (Å²) in [7, 11) is 0. The Bertz CT molecular complexity index is 844. The van der Waals surface area contributed by atoms with Crippen molar-refractivity contribution < 1.29 is 0 Å². The van der Waals surface area contributed by atoms with Crippen molar-refractivity contribution in [2.75, 3.05) is 0 Å². The average molecular weight is 268 g/mol. The van der Waals surface area contributed by atoms with Crippen molar-refractivity contribution in [2.45, 2.75) is 26.2 Å². The summed E-state index contributed by atoms with van der Waals surface area (Å²) >= 11 is 0. The fourth-order valence-electron chi connectivity index (χ4n) is 2.37. The van der Waals surface area contributed by atoms with Crippen LogP contribution in [0.25, 0.3) is 16.6 Å². The van der Waals surface area contributed by atoms with Gasteiger partial charge in [0.15, 0.2) is 0 Å². The van der Waals surface area contributed by atoms with E-state index in [0.29, 0.717) is 17.5 Å². The van der Waals surface area contributed by atoms with E-state index in [0.717, 1.165) is 29.6 Å². The number of hydrogen-bond acceptors (Lipinski definition) is 3. The molecular weight excluding hydrogens is 252 g/mol. The predicted molar refractivity (Wildman–Crippen MR) is 79.7 cm³/mol. The van der Waals surface area contributed by atoms with E-state index in [4.69, 9.17) is 5.41 Å². The molecule has 20 heavy (non-hydrogen) atoms. The number of benzene rings is 1. The van der Waals surface area contributed by atoms with Gasteiger partial charge < -0.3 is 10.4 Å². The lowest BCUT2D eigenvalue weighted by Gasteiger charge is -2.03. The lowest BCUT2D eigenvalue weighted by atomic mass is 10.1. The summed E-state index contributed by atoms with van der Waals surface area (Å²) in [5.41, 5.74) is 3.14. The van der Waals surface area contributed by atoms with E-state index < -0.39 is 0 Å². The highest BCUT2D eigenvalue weighted by molar-refractivity contribution is 5.82. The van der Waals surface area contributed by atoms with Gasteiger partial charge in [-0.25, -0.2) is 4.52 Å². The van der Waals surface area contributed by atoms with Crippen LogP contribution in [0.15, 0.2) is 35.3 Å². The molecule has 5 nitrogen and oxygen atoms in total. The standard InChI is InChI=1S/C15H16N4O/c1-2-11(16)8-7-10-9-17-19-13-6-4-3-5-12(13)15(20)18-14(10)19/h3-6,9,16H,2,7-8H2,1H3,(H,18,20). The topological polar surface area (TPSA) is 74.0 Å². The molecule has 0 fully saturated rings. The van der Waals surface area contributed by atoms with Gasteiger partial charge in [-0.1, -0.05) is 19.1 Å². The number of aromatic amines is 1. The smallest absolute Gasteiger partial charge is 0.259 e. The van der Waals surface area contributed by atoms with E-state index in [1.165, 1.54) is 0 Å². The second kappa shape index (κ2) is 4.92. The minimum absolute atomic E-state index is 0.0968. The fourth-order valence-corrected chi connectivity index (χ4v) is 2.37. The Morgan fingerprint density at radius 3 is 3.00 bits per heavy atom. The summed E-state index contributed by atoms with van der Waals surface area (Å²) in [6.07, 6.45) is 3.97. The molecule has 1 aromatic carbocycles. The first-order chi connectivity index (χ1) is 9.70. The molecule has 0 saturated heterocycles. The summed E-state index contributed by atoms with van der Waals surface area (Å²) in [4.78, 5) is 15.0. The van der Waals surface area contributed by atoms with Crippen LogP contribution in [0.3, 0.4) is 0 Å². The molecule has 0 aliphatic rings. The first-order valence-electron chi connectivity index (χ1n) is 6.74. The van der Waals surface area contributed by atoms with Crippen molar-refractivity contribution in [1.82, 2.24) is 14.6 Å². The predicted octanol–water partition coefficient (Wildman–Crippen LogP) is 2.54. The van der Waals surface area contributed by atoms with Crippen LogP contribution >= 0.6 is 0 Å². The third-order valence-corrected chi connectivity index (χ3v) is 3.58. The third-order valence-electron chi connectivity index (χ3n) is 3.58. The molecule has 0 amide bonds. The summed E-state index contributed by atoms with van der Waals surface area (Å²) in [6, 6.07) is 7.43. The van der Waals surface area contributed by atoms with Gasteiger partial charge in [0.25, 0.3) is 5.56 Å². The maximum Gasteiger partial charge on any atom is 0.259 e. The van der Waals surface area contributed by atoms with Crippen LogP contribution in [0.2, 0.25) is 0 Å². The number of para-hydroxylation sites is 1. The molecule has 3 rings (SSSR count). The number of H-pyrrole nitrogens is 1. The zero-order valence-corrected chi connectivity index (χ0v) is 11.3. The molecule has 0 spiro atoms. The highest BCUT2D eigenvalue weighted by atomic mass is 16.1. The van der Waals surface area contributed by atoms with Crippen LogP contribution < -0.4 is 5.56 Å². The van der Waals surface area contributed by atoms with Crippen molar-refractivity contribution in [3.63, 3.8) is 0 Å². The number of aryl methyl sites for hydroxylation is 1. The van der Waals surface area contributed by atoms with Crippen LogP contribution in [0.4, 0.5) is 0 Å². The van der Waals surface area contributed by atoms with Crippen molar-refractivity contribution in [2.24, 2.45) is 0 Å². The van der Waals surface area contributed by atoms with E-state index in [-0.39, 0.29) is 5.56 Å². The molecule has 102 valence electrons. The van der Waals surface area contributed by atoms with E-state index in [2.05, 4.69) is 10.1 Å². The highest BCUT2D eigenvalue weighted by Gasteiger charge is 2.10. The van der Waals surface area contributed by atoms with E-state index in [1.807, 2.05) is 25.1 Å². The molecule has 0 aliphatic heterocycles. The maximum atomic E-state index is 12.1. The van der Waals surface area contributed by atoms with Gasteiger partial charge in [0, 0.05) is 11.3 Å². The minimum Gasteiger partial charge on any atom is -0.310 e. The molecule has 0 bridgehead atoms. The van der Waals surface area contributed by atoms with Gasteiger partial charge in [-0.3, -0.25) is 4.79 Å². The number of hydrogen-bond donors (Lipinski definition) is 2. The summed E-state index contributed by atoms with van der Waals surface area (Å²) in [5, 5.41) is 12.7. The quantitative estimate of drug-likeness (QED) is 0.713. The Morgan fingerprint density at radius 2 is 2.20 bits per heavy atom. The molecule has 0 unspecified atom stereocenters. The number of rotatable bonds is 4. The van der Waals surface area contributed by atoms with Gasteiger partial charge in [-0.15, -0.1) is 0 Å². The van der Waals surface area contributed by atoms with Crippen LogP contribution in [-0.2, 0) is 6.42 Å². The van der Waals surface area contributed by atoms with Gasteiger partial charge in [0.05, 0.1) is 17.1 Å². The molecule has 3 aromatic rings. The molecule has 0 aliphatic carbocycles. The molecule has 0 radical (unpaired) electrons. The number of nitrogens with zero attached hydrogens (tertiary/aromatic N) is 2. The van der Waals surface area contributed by atoms with Gasteiger partial charge in [-0.05, 0) is 31.4 Å². The van der Waals surface area contributed by atoms with Crippen LogP contribution in [0.5, 0.6) is 0 Å². The summed E-state index contributed by atoms with van der Waals surface area (Å²) < 4.78 is 1.77. The Kier molecular flexibility index (Phi) is 3.10. The molecule has 0 atom stereocenters. The Labute approximate surface area is 115 Å². The molecule has 0 saturated carbocycles. The number of nitrogens with one attached hydrogen (secondary N) is 2. The van der Waals surface area contributed by atoms with Crippen molar-refractivity contribution in [3.05, 3.63) is 46.4 Å². The second-order valence-electron chi connectivity index (χ2n) is 4.86. The van der Waals surface area contributed by atoms with Crippen LogP contribution in [-0.4, -0.2) is 20.3 Å². The number of aromatic nitrogens is 3. The lowest BCUT2D eigenvalue weighted by molar-refractivity contribution is 0.976. The van der Waals surface area contributed by atoms with Gasteiger partial charge >= 0.3 is 0 Å². The minimum atomic E-state index is -0.0968. The molecule has 2 heterocycles. The number of fused-ring (bicyclic) bond motifs is 3. The van der Waals surface area contributed by atoms with Gasteiger partial charge in [-0.2, -0.15) is 5.10 Å². The van der Waals surface area contributed by atoms with Crippen molar-refractivity contribution in [1.29, 1.82) is 5.41 Å². The average Bonchev–Trinajstić information content (AvgIpc) is 2.88. The SMILES string of the molecule is CCC(=N)CCc1cnn2c1[nH]c(=O)c1ccccc12. The molecule has 5 heteroatoms. The summed E-state index contributed by atoms with van der Waals surface area (Å²) in [6.45, 7) is 1.98. The fraction of sp³-hybridized carbons (Fsp3) is 0.267. The summed E-state index contributed by atoms with van der Waals surface area (Å²) in [5.74, 6) is 0. The molecule has 2 aromatic heterocycles. The highest BCUT2D eigenvalue weighted by Crippen LogP contribution is 2.15. The second-order valence-corrected chi connectivity index (χ2v) is 4.86. The van der Waals surface area contributed by atoms with Gasteiger partial charge in [0.1, 0.15) is 5.65 Å². The normalized spacial score (nSPS) is 11.2. The van der Waals surface area contributed by atoms with E-state index in [9.17, 15) is 4.79 Å². The first-order valence-corrected chi connectivity index (χ1v) is 6.74. The zero-order chi connectivity index (χ0) is 14.1. The molecule has 2 N–H and O–H groups in total. The third kappa shape index (κ3) is 2.01. The van der Waals surface area contributed by atoms with Crippen molar-refractivity contribution >= 4 is 22.3 Å². The lowest BCUT2D eigenvalue weighted by Crippen LogP contribution is -2.10. The zero-order valence-electron chi connectivity index (χ0n) is 11.3. The van der Waals surface area contributed by atoms with Crippen LogP contribution in [0.1, 0.15) is 25.3 Å². The van der Waals surface area contributed by atoms with Crippen molar-refractivity contribution in [3.8, 4) is 0 Å². The first kappa shape index (κ1) is 12.6. The maximum absolute atomic E-state index is 12.1. The monoisotopic (exact) mass is 268 g/mol. The largest absolute Gasteiger partial charge is 0.310 e. The van der Waals surface area contributed by atoms with E-state index in [1.54, 1.807) is 16.8 Å².